The monoisotopic (exact) mass is 289 g/mol. The highest BCUT2D eigenvalue weighted by molar-refractivity contribution is 5.87. The average Bonchev–Trinajstić information content (AvgIpc) is 2.72. The molecular formula is C15H23N5O. The van der Waals surface area contributed by atoms with Gasteiger partial charge in [-0.15, -0.1) is 0 Å². The molecule has 2 aromatic heterocycles. The third-order valence-corrected chi connectivity index (χ3v) is 4.03. The SMILES string of the molecule is CCc1nc(N2C[C@@H](C)O[C@H](C)C2)c2nn(C)c(C)c2n1. The lowest BCUT2D eigenvalue weighted by Crippen LogP contribution is -2.46. The van der Waals surface area contributed by atoms with E-state index in [9.17, 15) is 0 Å². The minimum atomic E-state index is 0.202. The molecule has 6 nitrogen and oxygen atoms in total. The zero-order valence-electron chi connectivity index (χ0n) is 13.4. The maximum absolute atomic E-state index is 5.82. The van der Waals surface area contributed by atoms with Crippen molar-refractivity contribution in [1.82, 2.24) is 19.7 Å². The first-order chi connectivity index (χ1) is 9.99. The lowest BCUT2D eigenvalue weighted by Gasteiger charge is -2.36. The summed E-state index contributed by atoms with van der Waals surface area (Å²) in [5.41, 5.74) is 2.94. The van der Waals surface area contributed by atoms with Crippen LogP contribution in [0.1, 0.15) is 32.3 Å². The Morgan fingerprint density at radius 3 is 2.43 bits per heavy atom. The van der Waals surface area contributed by atoms with Crippen molar-refractivity contribution in [3.8, 4) is 0 Å². The predicted molar refractivity (Wildman–Crippen MR) is 82.6 cm³/mol. The molecule has 1 aliphatic rings. The third kappa shape index (κ3) is 2.48. The van der Waals surface area contributed by atoms with E-state index in [0.717, 1.165) is 47.9 Å². The molecule has 3 heterocycles. The van der Waals surface area contributed by atoms with Gasteiger partial charge in [0.05, 0.1) is 17.9 Å². The number of ether oxygens (including phenoxy) is 1. The summed E-state index contributed by atoms with van der Waals surface area (Å²) in [5, 5.41) is 4.62. The fourth-order valence-electron chi connectivity index (χ4n) is 2.94. The van der Waals surface area contributed by atoms with Crippen LogP contribution >= 0.6 is 0 Å². The highest BCUT2D eigenvalue weighted by atomic mass is 16.5. The number of aromatic nitrogens is 4. The highest BCUT2D eigenvalue weighted by Gasteiger charge is 2.26. The van der Waals surface area contributed by atoms with Gasteiger partial charge in [0.15, 0.2) is 11.3 Å². The maximum Gasteiger partial charge on any atom is 0.161 e. The molecule has 0 aliphatic carbocycles. The molecule has 0 saturated carbocycles. The van der Waals surface area contributed by atoms with Crippen molar-refractivity contribution < 1.29 is 4.74 Å². The van der Waals surface area contributed by atoms with E-state index in [0.29, 0.717) is 0 Å². The van der Waals surface area contributed by atoms with E-state index < -0.39 is 0 Å². The van der Waals surface area contributed by atoms with Crippen molar-refractivity contribution in [3.05, 3.63) is 11.5 Å². The topological polar surface area (TPSA) is 56.1 Å². The number of hydrogen-bond acceptors (Lipinski definition) is 5. The molecule has 0 unspecified atom stereocenters. The van der Waals surface area contributed by atoms with Crippen LogP contribution in [0, 0.1) is 6.92 Å². The number of fused-ring (bicyclic) bond motifs is 1. The van der Waals surface area contributed by atoms with Crippen molar-refractivity contribution in [1.29, 1.82) is 0 Å². The zero-order chi connectivity index (χ0) is 15.1. The van der Waals surface area contributed by atoms with Gasteiger partial charge in [0.1, 0.15) is 11.3 Å². The van der Waals surface area contributed by atoms with Crippen LogP contribution in [0.5, 0.6) is 0 Å². The second-order valence-electron chi connectivity index (χ2n) is 5.89. The summed E-state index contributed by atoms with van der Waals surface area (Å²) in [7, 11) is 1.96. The summed E-state index contributed by atoms with van der Waals surface area (Å²) in [6.45, 7) is 10.0. The van der Waals surface area contributed by atoms with Crippen molar-refractivity contribution in [2.75, 3.05) is 18.0 Å². The summed E-state index contributed by atoms with van der Waals surface area (Å²) >= 11 is 0. The molecule has 0 spiro atoms. The Morgan fingerprint density at radius 1 is 1.14 bits per heavy atom. The van der Waals surface area contributed by atoms with Gasteiger partial charge in [-0.05, 0) is 20.8 Å². The van der Waals surface area contributed by atoms with Gasteiger partial charge in [-0.2, -0.15) is 5.10 Å². The standard InChI is InChI=1S/C15H23N5O/c1-6-12-16-13-11(4)19(5)18-14(13)15(17-12)20-7-9(2)21-10(3)8-20/h9-10H,6-8H2,1-5H3/t9-,10-/m1/s1. The van der Waals surface area contributed by atoms with Crippen LogP contribution in [0.25, 0.3) is 11.0 Å². The molecule has 0 bridgehead atoms. The van der Waals surface area contributed by atoms with Crippen molar-refractivity contribution >= 4 is 16.9 Å². The van der Waals surface area contributed by atoms with Gasteiger partial charge in [-0.3, -0.25) is 4.68 Å². The molecule has 21 heavy (non-hydrogen) atoms. The molecular weight excluding hydrogens is 266 g/mol. The molecule has 2 atom stereocenters. The van der Waals surface area contributed by atoms with Gasteiger partial charge in [0.2, 0.25) is 0 Å². The molecule has 1 saturated heterocycles. The molecule has 1 fully saturated rings. The number of nitrogens with zero attached hydrogens (tertiary/aromatic N) is 5. The Bertz CT molecular complexity index is 656. The zero-order valence-corrected chi connectivity index (χ0v) is 13.4. The van der Waals surface area contributed by atoms with Crippen LogP contribution < -0.4 is 4.90 Å². The number of anilines is 1. The van der Waals surface area contributed by atoms with Crippen molar-refractivity contribution in [2.45, 2.75) is 46.3 Å². The predicted octanol–water partition coefficient (Wildman–Crippen LogP) is 1.85. The number of rotatable bonds is 2. The van der Waals surface area contributed by atoms with Crippen LogP contribution in [0.3, 0.4) is 0 Å². The number of morpholine rings is 1. The summed E-state index contributed by atoms with van der Waals surface area (Å²) in [5.74, 6) is 1.82. The van der Waals surface area contributed by atoms with E-state index in [1.54, 1.807) is 0 Å². The minimum absolute atomic E-state index is 0.202. The fourth-order valence-corrected chi connectivity index (χ4v) is 2.94. The minimum Gasteiger partial charge on any atom is -0.372 e. The lowest BCUT2D eigenvalue weighted by molar-refractivity contribution is -0.00539. The van der Waals surface area contributed by atoms with Crippen LogP contribution in [-0.2, 0) is 18.2 Å². The van der Waals surface area contributed by atoms with Crippen molar-refractivity contribution in [2.24, 2.45) is 7.05 Å². The quantitative estimate of drug-likeness (QED) is 0.844. The van der Waals surface area contributed by atoms with E-state index in [1.807, 2.05) is 11.7 Å². The average molecular weight is 289 g/mol. The molecule has 0 N–H and O–H groups in total. The Labute approximate surface area is 125 Å². The van der Waals surface area contributed by atoms with Gasteiger partial charge < -0.3 is 9.64 Å². The lowest BCUT2D eigenvalue weighted by atomic mass is 10.2. The van der Waals surface area contributed by atoms with E-state index in [1.165, 1.54) is 0 Å². The molecule has 2 aromatic rings. The highest BCUT2D eigenvalue weighted by Crippen LogP contribution is 2.27. The first-order valence-corrected chi connectivity index (χ1v) is 7.60. The Kier molecular flexibility index (Phi) is 3.57. The smallest absolute Gasteiger partial charge is 0.161 e. The first-order valence-electron chi connectivity index (χ1n) is 7.60. The largest absolute Gasteiger partial charge is 0.372 e. The van der Waals surface area contributed by atoms with Crippen LogP contribution in [0.15, 0.2) is 0 Å². The molecule has 6 heteroatoms. The molecule has 1 aliphatic heterocycles. The van der Waals surface area contributed by atoms with Crippen LogP contribution in [-0.4, -0.2) is 45.0 Å². The summed E-state index contributed by atoms with van der Waals surface area (Å²) < 4.78 is 7.71. The van der Waals surface area contributed by atoms with Crippen LogP contribution in [0.4, 0.5) is 5.82 Å². The molecule has 0 radical (unpaired) electrons. The molecule has 114 valence electrons. The van der Waals surface area contributed by atoms with Crippen LogP contribution in [0.2, 0.25) is 0 Å². The Morgan fingerprint density at radius 2 is 1.81 bits per heavy atom. The summed E-state index contributed by atoms with van der Waals surface area (Å²) in [6.07, 6.45) is 1.23. The molecule has 0 aromatic carbocycles. The van der Waals surface area contributed by atoms with Gasteiger partial charge >= 0.3 is 0 Å². The summed E-state index contributed by atoms with van der Waals surface area (Å²) in [4.78, 5) is 11.7. The fraction of sp³-hybridized carbons (Fsp3) is 0.667. The first kappa shape index (κ1) is 14.3. The van der Waals surface area contributed by atoms with Gasteiger partial charge in [-0.25, -0.2) is 9.97 Å². The van der Waals surface area contributed by atoms with Gasteiger partial charge in [0.25, 0.3) is 0 Å². The molecule has 0 amide bonds. The van der Waals surface area contributed by atoms with E-state index in [4.69, 9.17) is 9.72 Å². The summed E-state index contributed by atoms with van der Waals surface area (Å²) in [6, 6.07) is 0. The number of hydrogen-bond donors (Lipinski definition) is 0. The van der Waals surface area contributed by atoms with E-state index >= 15 is 0 Å². The normalized spacial score (nSPS) is 23.0. The van der Waals surface area contributed by atoms with Crippen molar-refractivity contribution in [3.63, 3.8) is 0 Å². The van der Waals surface area contributed by atoms with Gasteiger partial charge in [0, 0.05) is 26.6 Å². The Hall–Kier alpha value is -1.69. The second kappa shape index (κ2) is 5.26. The van der Waals surface area contributed by atoms with Gasteiger partial charge in [-0.1, -0.05) is 6.92 Å². The molecule has 3 rings (SSSR count). The Balaban J connectivity index is 2.14. The van der Waals surface area contributed by atoms with E-state index in [-0.39, 0.29) is 12.2 Å². The van der Waals surface area contributed by atoms with E-state index in [2.05, 4.69) is 42.7 Å². The maximum atomic E-state index is 5.82. The number of aryl methyl sites for hydroxylation is 3. The third-order valence-electron chi connectivity index (χ3n) is 4.03. The second-order valence-corrected chi connectivity index (χ2v) is 5.89.